The Labute approximate surface area is 179 Å². The van der Waals surface area contributed by atoms with Crippen molar-refractivity contribution in [3.05, 3.63) is 70.1 Å². The molecule has 1 saturated heterocycles. The number of rotatable bonds is 5. The molecule has 0 saturated carbocycles. The number of anilines is 1. The van der Waals surface area contributed by atoms with Gasteiger partial charge in [-0.05, 0) is 25.1 Å². The molecule has 4 rings (SSSR count). The molecule has 156 valence electrons. The van der Waals surface area contributed by atoms with Gasteiger partial charge in [-0.25, -0.2) is 4.68 Å². The van der Waals surface area contributed by atoms with Gasteiger partial charge < -0.3 is 10.2 Å². The van der Waals surface area contributed by atoms with Crippen LogP contribution in [0.2, 0.25) is 0 Å². The van der Waals surface area contributed by atoms with E-state index >= 15 is 0 Å². The molecular weight excluding hydrogens is 392 g/mol. The third-order valence-electron chi connectivity index (χ3n) is 5.46. The molecule has 1 fully saturated rings. The topological polar surface area (TPSA) is 84.3 Å². The fourth-order valence-electron chi connectivity index (χ4n) is 3.80. The number of aromatic nitrogens is 2. The van der Waals surface area contributed by atoms with Crippen LogP contribution in [0.1, 0.15) is 17.7 Å². The van der Waals surface area contributed by atoms with Gasteiger partial charge in [-0.1, -0.05) is 41.8 Å². The molecule has 1 aliphatic heterocycles. The second kappa shape index (κ2) is 8.44. The van der Waals surface area contributed by atoms with Crippen molar-refractivity contribution in [1.29, 1.82) is 0 Å². The average Bonchev–Trinajstić information content (AvgIpc) is 3.17. The molecule has 3 aromatic rings. The number of carbonyl (C=O) groups excluding carboxylic acids is 2. The van der Waals surface area contributed by atoms with Crippen LogP contribution in [-0.2, 0) is 22.7 Å². The maximum Gasteiger partial charge on any atom is 0.275 e. The van der Waals surface area contributed by atoms with E-state index < -0.39 is 5.92 Å². The Hall–Kier alpha value is -3.92. The van der Waals surface area contributed by atoms with Crippen molar-refractivity contribution >= 4 is 28.3 Å². The molecule has 1 atom stereocenters. The predicted molar refractivity (Wildman–Crippen MR) is 118 cm³/mol. The van der Waals surface area contributed by atoms with Gasteiger partial charge in [0.25, 0.3) is 5.56 Å². The first-order chi connectivity index (χ1) is 15.0. The highest BCUT2D eigenvalue weighted by Gasteiger charge is 2.35. The van der Waals surface area contributed by atoms with Gasteiger partial charge >= 0.3 is 0 Å². The maximum atomic E-state index is 12.8. The zero-order valence-corrected chi connectivity index (χ0v) is 17.2. The molecule has 1 aliphatic rings. The minimum atomic E-state index is -0.448. The summed E-state index contributed by atoms with van der Waals surface area (Å²) >= 11 is 0. The van der Waals surface area contributed by atoms with Gasteiger partial charge in [0.1, 0.15) is 6.54 Å². The number of hydrogen-bond acceptors (Lipinski definition) is 4. The second-order valence-corrected chi connectivity index (χ2v) is 7.62. The predicted octanol–water partition coefficient (Wildman–Crippen LogP) is 2.01. The van der Waals surface area contributed by atoms with Crippen molar-refractivity contribution in [1.82, 2.24) is 15.1 Å². The molecular formula is C24H22N4O3. The Morgan fingerprint density at radius 1 is 1.16 bits per heavy atom. The Morgan fingerprint density at radius 3 is 2.58 bits per heavy atom. The molecule has 1 N–H and O–H groups in total. The van der Waals surface area contributed by atoms with Crippen molar-refractivity contribution in [3.63, 3.8) is 0 Å². The van der Waals surface area contributed by atoms with E-state index in [1.165, 1.54) is 4.68 Å². The van der Waals surface area contributed by atoms with E-state index in [-0.39, 0.29) is 36.9 Å². The van der Waals surface area contributed by atoms with Crippen LogP contribution in [0.25, 0.3) is 10.8 Å². The van der Waals surface area contributed by atoms with Gasteiger partial charge in [-0.2, -0.15) is 5.10 Å². The zero-order chi connectivity index (χ0) is 22.0. The summed E-state index contributed by atoms with van der Waals surface area (Å²) in [5, 5.41) is 8.39. The molecule has 2 aromatic carbocycles. The van der Waals surface area contributed by atoms with Crippen molar-refractivity contribution in [3.8, 4) is 12.3 Å². The largest absolute Gasteiger partial charge is 0.350 e. The number of nitrogens with one attached hydrogen (secondary N) is 1. The van der Waals surface area contributed by atoms with Crippen LogP contribution in [0.5, 0.6) is 0 Å². The average molecular weight is 414 g/mol. The Kier molecular flexibility index (Phi) is 5.54. The van der Waals surface area contributed by atoms with Crippen LogP contribution in [0, 0.1) is 25.2 Å². The smallest absolute Gasteiger partial charge is 0.275 e. The number of benzene rings is 2. The highest BCUT2D eigenvalue weighted by atomic mass is 16.2. The van der Waals surface area contributed by atoms with Crippen LogP contribution >= 0.6 is 0 Å². The van der Waals surface area contributed by atoms with E-state index in [9.17, 15) is 14.4 Å². The number of terminal acetylenes is 1. The lowest BCUT2D eigenvalue weighted by Gasteiger charge is -2.17. The van der Waals surface area contributed by atoms with E-state index in [1.54, 1.807) is 23.1 Å². The molecule has 7 nitrogen and oxygen atoms in total. The van der Waals surface area contributed by atoms with Gasteiger partial charge in [-0.15, -0.1) is 6.42 Å². The first-order valence-electron chi connectivity index (χ1n) is 10.0. The van der Waals surface area contributed by atoms with Crippen molar-refractivity contribution in [2.75, 3.05) is 11.4 Å². The van der Waals surface area contributed by atoms with Crippen molar-refractivity contribution in [2.24, 2.45) is 5.92 Å². The standard InChI is InChI=1S/C24H22N4O3/c1-3-12-28-24(31)20-7-5-4-6-19(20)21(26-28)14-25-23(30)17-13-22(29)27(15-17)18-10-8-16(2)9-11-18/h1,4-11,17H,12-15H2,2H3,(H,25,30). The number of fused-ring (bicyclic) bond motifs is 1. The quantitative estimate of drug-likeness (QED) is 0.648. The van der Waals surface area contributed by atoms with E-state index in [0.29, 0.717) is 23.0 Å². The maximum absolute atomic E-state index is 12.8. The summed E-state index contributed by atoms with van der Waals surface area (Å²) in [5.41, 5.74) is 2.19. The molecule has 2 heterocycles. The lowest BCUT2D eigenvalue weighted by molar-refractivity contribution is -0.126. The van der Waals surface area contributed by atoms with Gasteiger partial charge in [0, 0.05) is 24.0 Å². The minimum absolute atomic E-state index is 0.0489. The number of hydrogen-bond donors (Lipinski definition) is 1. The summed E-state index contributed by atoms with van der Waals surface area (Å²) in [6, 6.07) is 14.8. The van der Waals surface area contributed by atoms with Crippen LogP contribution in [0.4, 0.5) is 5.69 Å². The lowest BCUT2D eigenvalue weighted by Crippen LogP contribution is -2.34. The third kappa shape index (κ3) is 4.05. The van der Waals surface area contributed by atoms with E-state index in [1.807, 2.05) is 37.3 Å². The molecule has 1 aromatic heterocycles. The molecule has 0 spiro atoms. The molecule has 31 heavy (non-hydrogen) atoms. The van der Waals surface area contributed by atoms with Gasteiger partial charge in [0.15, 0.2) is 0 Å². The zero-order valence-electron chi connectivity index (χ0n) is 17.2. The van der Waals surface area contributed by atoms with E-state index in [0.717, 1.165) is 11.3 Å². The van der Waals surface area contributed by atoms with Gasteiger partial charge in [0.2, 0.25) is 11.8 Å². The first-order valence-corrected chi connectivity index (χ1v) is 10.0. The lowest BCUT2D eigenvalue weighted by atomic mass is 10.1. The summed E-state index contributed by atoms with van der Waals surface area (Å²) in [6.07, 6.45) is 5.51. The Bertz CT molecular complexity index is 1250. The molecule has 2 amide bonds. The summed E-state index contributed by atoms with van der Waals surface area (Å²) in [5.74, 6) is 1.68. The van der Waals surface area contributed by atoms with Crippen molar-refractivity contribution < 1.29 is 9.59 Å². The molecule has 1 unspecified atom stereocenters. The first kappa shape index (κ1) is 20.4. The van der Waals surface area contributed by atoms with Crippen LogP contribution in [0.15, 0.2) is 53.3 Å². The highest BCUT2D eigenvalue weighted by molar-refractivity contribution is 6.00. The summed E-state index contributed by atoms with van der Waals surface area (Å²) in [4.78, 5) is 39.4. The Balaban J connectivity index is 1.50. The summed E-state index contributed by atoms with van der Waals surface area (Å²) in [7, 11) is 0. The number of nitrogens with zero attached hydrogens (tertiary/aromatic N) is 3. The Morgan fingerprint density at radius 2 is 1.87 bits per heavy atom. The van der Waals surface area contributed by atoms with E-state index in [2.05, 4.69) is 16.3 Å². The summed E-state index contributed by atoms with van der Waals surface area (Å²) in [6.45, 7) is 2.50. The molecule has 0 radical (unpaired) electrons. The highest BCUT2D eigenvalue weighted by Crippen LogP contribution is 2.25. The number of carbonyl (C=O) groups is 2. The normalized spacial score (nSPS) is 15.8. The third-order valence-corrected chi connectivity index (χ3v) is 5.46. The number of aryl methyl sites for hydroxylation is 1. The second-order valence-electron chi connectivity index (χ2n) is 7.62. The molecule has 0 aliphatic carbocycles. The fraction of sp³-hybridized carbons (Fsp3) is 0.250. The number of amides is 2. The molecule has 7 heteroatoms. The van der Waals surface area contributed by atoms with Gasteiger partial charge in [0.05, 0.1) is 23.5 Å². The summed E-state index contributed by atoms with van der Waals surface area (Å²) < 4.78 is 1.22. The minimum Gasteiger partial charge on any atom is -0.350 e. The van der Waals surface area contributed by atoms with Gasteiger partial charge in [-0.3, -0.25) is 14.4 Å². The van der Waals surface area contributed by atoms with Crippen molar-refractivity contribution in [2.45, 2.75) is 26.4 Å². The van der Waals surface area contributed by atoms with Crippen LogP contribution < -0.4 is 15.8 Å². The monoisotopic (exact) mass is 414 g/mol. The van der Waals surface area contributed by atoms with E-state index in [4.69, 9.17) is 6.42 Å². The van der Waals surface area contributed by atoms with Crippen LogP contribution in [0.3, 0.4) is 0 Å². The fourth-order valence-corrected chi connectivity index (χ4v) is 3.80. The molecule has 0 bridgehead atoms. The van der Waals surface area contributed by atoms with Crippen LogP contribution in [-0.4, -0.2) is 28.1 Å². The SMILES string of the molecule is C#CCn1nc(CNC(=O)C2CC(=O)N(c3ccc(C)cc3)C2)c2ccccc2c1=O.